The van der Waals surface area contributed by atoms with Crippen molar-refractivity contribution in [1.29, 1.82) is 0 Å². The van der Waals surface area contributed by atoms with Gasteiger partial charge in [-0.3, -0.25) is 0 Å². The third-order valence-electron chi connectivity index (χ3n) is 6.57. The van der Waals surface area contributed by atoms with Crippen LogP contribution in [0.4, 0.5) is 17.7 Å². The van der Waals surface area contributed by atoms with Gasteiger partial charge < -0.3 is 24.2 Å². The summed E-state index contributed by atoms with van der Waals surface area (Å²) in [6.07, 6.45) is 1.84. The first-order chi connectivity index (χ1) is 17.1. The Kier molecular flexibility index (Phi) is 6.94. The molecule has 4 heterocycles. The molecule has 5 rings (SSSR count). The van der Waals surface area contributed by atoms with Crippen molar-refractivity contribution < 1.29 is 9.47 Å². The molecule has 9 heteroatoms. The van der Waals surface area contributed by atoms with Gasteiger partial charge in [-0.25, -0.2) is 4.98 Å². The van der Waals surface area contributed by atoms with Crippen LogP contribution < -0.4 is 19.4 Å². The third-order valence-corrected chi connectivity index (χ3v) is 6.57. The van der Waals surface area contributed by atoms with Crippen molar-refractivity contribution in [3.05, 3.63) is 48.2 Å². The van der Waals surface area contributed by atoms with Gasteiger partial charge in [0.05, 0.1) is 25.9 Å². The molecule has 2 aromatic heterocycles. The predicted molar refractivity (Wildman–Crippen MR) is 138 cm³/mol. The van der Waals surface area contributed by atoms with E-state index in [0.717, 1.165) is 56.4 Å². The average molecular weight is 476 g/mol. The Bertz CT molecular complexity index is 1130. The highest BCUT2D eigenvalue weighted by molar-refractivity contribution is 5.67. The lowest BCUT2D eigenvalue weighted by Gasteiger charge is -2.36. The van der Waals surface area contributed by atoms with E-state index in [-0.39, 0.29) is 0 Å². The summed E-state index contributed by atoms with van der Waals surface area (Å²) in [4.78, 5) is 26.0. The minimum Gasteiger partial charge on any atom is -0.496 e. The Hall–Kier alpha value is -3.46. The zero-order chi connectivity index (χ0) is 24.2. The number of methoxy groups -OCH3 is 1. The second-order valence-electron chi connectivity index (χ2n) is 9.13. The number of ether oxygens (including phenoxy) is 2. The summed E-state index contributed by atoms with van der Waals surface area (Å²) in [7, 11) is 1.69. The molecule has 2 saturated heterocycles. The van der Waals surface area contributed by atoms with Crippen LogP contribution in [0.25, 0.3) is 11.4 Å². The smallest absolute Gasteiger partial charge is 0.230 e. The van der Waals surface area contributed by atoms with Crippen LogP contribution in [0.1, 0.15) is 25.3 Å². The van der Waals surface area contributed by atoms with E-state index in [1.807, 2.05) is 24.4 Å². The van der Waals surface area contributed by atoms with Crippen molar-refractivity contribution in [2.75, 3.05) is 74.3 Å². The van der Waals surface area contributed by atoms with Crippen molar-refractivity contribution >= 4 is 17.7 Å². The van der Waals surface area contributed by atoms with Gasteiger partial charge in [-0.1, -0.05) is 26.0 Å². The van der Waals surface area contributed by atoms with Gasteiger partial charge in [0.1, 0.15) is 11.6 Å². The number of hydrogen-bond acceptors (Lipinski definition) is 9. The van der Waals surface area contributed by atoms with Gasteiger partial charge in [-0.05, 0) is 35.7 Å². The minimum absolute atomic E-state index is 0.388. The molecule has 0 radical (unpaired) electrons. The summed E-state index contributed by atoms with van der Waals surface area (Å²) in [5, 5.41) is 0. The molecule has 2 aliphatic heterocycles. The lowest BCUT2D eigenvalue weighted by molar-refractivity contribution is 0.122. The van der Waals surface area contributed by atoms with Crippen LogP contribution >= 0.6 is 0 Å². The molecular weight excluding hydrogens is 442 g/mol. The van der Waals surface area contributed by atoms with Gasteiger partial charge in [0.15, 0.2) is 5.82 Å². The van der Waals surface area contributed by atoms with E-state index in [1.165, 1.54) is 5.56 Å². The van der Waals surface area contributed by atoms with E-state index < -0.39 is 0 Å². The van der Waals surface area contributed by atoms with Gasteiger partial charge >= 0.3 is 0 Å². The van der Waals surface area contributed by atoms with Crippen LogP contribution in [0.15, 0.2) is 42.6 Å². The lowest BCUT2D eigenvalue weighted by atomic mass is 10.00. The van der Waals surface area contributed by atoms with Crippen LogP contribution in [0.2, 0.25) is 0 Å². The topological polar surface area (TPSA) is 79.7 Å². The number of aromatic nitrogens is 4. The number of morpholine rings is 1. The van der Waals surface area contributed by atoms with E-state index in [2.05, 4.69) is 51.7 Å². The van der Waals surface area contributed by atoms with Crippen molar-refractivity contribution in [1.82, 2.24) is 19.9 Å². The van der Waals surface area contributed by atoms with Crippen LogP contribution in [0.3, 0.4) is 0 Å². The van der Waals surface area contributed by atoms with Crippen LogP contribution in [-0.2, 0) is 4.74 Å². The molecule has 0 bridgehead atoms. The molecule has 2 aliphatic rings. The maximum atomic E-state index is 5.71. The summed E-state index contributed by atoms with van der Waals surface area (Å²) in [5.41, 5.74) is 2.11. The maximum absolute atomic E-state index is 5.71. The quantitative estimate of drug-likeness (QED) is 0.534. The lowest BCUT2D eigenvalue weighted by Crippen LogP contribution is -2.47. The largest absolute Gasteiger partial charge is 0.496 e. The summed E-state index contributed by atoms with van der Waals surface area (Å²) in [5.74, 6) is 4.20. The van der Waals surface area contributed by atoms with Crippen LogP contribution in [0, 0.1) is 0 Å². The van der Waals surface area contributed by atoms with Gasteiger partial charge in [-0.2, -0.15) is 15.0 Å². The van der Waals surface area contributed by atoms with E-state index in [1.54, 1.807) is 7.11 Å². The second-order valence-corrected chi connectivity index (χ2v) is 9.13. The van der Waals surface area contributed by atoms with Crippen LogP contribution in [0.5, 0.6) is 5.75 Å². The molecule has 2 fully saturated rings. The fourth-order valence-corrected chi connectivity index (χ4v) is 4.46. The SMILES string of the molecule is COc1ccc(C(C)C)cc1-c1nc(N2CCOCC2)nc(N2CCN(c3ccccn3)CC2)n1. The number of rotatable bonds is 6. The van der Waals surface area contributed by atoms with Crippen LogP contribution in [-0.4, -0.2) is 79.5 Å². The highest BCUT2D eigenvalue weighted by atomic mass is 16.5. The van der Waals surface area contributed by atoms with Gasteiger partial charge in [0.2, 0.25) is 11.9 Å². The highest BCUT2D eigenvalue weighted by Crippen LogP contribution is 2.33. The van der Waals surface area contributed by atoms with E-state index in [0.29, 0.717) is 36.9 Å². The Morgan fingerprint density at radius 3 is 2.14 bits per heavy atom. The van der Waals surface area contributed by atoms with Gasteiger partial charge in [0.25, 0.3) is 0 Å². The fourth-order valence-electron chi connectivity index (χ4n) is 4.46. The van der Waals surface area contributed by atoms with Gasteiger partial charge in [0, 0.05) is 45.5 Å². The normalized spacial score (nSPS) is 16.6. The maximum Gasteiger partial charge on any atom is 0.230 e. The van der Waals surface area contributed by atoms with Gasteiger partial charge in [-0.15, -0.1) is 0 Å². The molecule has 9 nitrogen and oxygen atoms in total. The molecule has 0 saturated carbocycles. The zero-order valence-electron chi connectivity index (χ0n) is 20.7. The first kappa shape index (κ1) is 23.3. The molecular formula is C26H33N7O2. The third kappa shape index (κ3) is 5.14. The molecule has 0 atom stereocenters. The van der Waals surface area contributed by atoms with Crippen molar-refractivity contribution in [2.45, 2.75) is 19.8 Å². The number of anilines is 3. The Balaban J connectivity index is 1.49. The Labute approximate surface area is 206 Å². The van der Waals surface area contributed by atoms with E-state index in [4.69, 9.17) is 24.4 Å². The van der Waals surface area contributed by atoms with E-state index >= 15 is 0 Å². The van der Waals surface area contributed by atoms with Crippen molar-refractivity contribution in [3.63, 3.8) is 0 Å². The Morgan fingerprint density at radius 2 is 1.51 bits per heavy atom. The number of pyridine rings is 1. The predicted octanol–water partition coefficient (Wildman–Crippen LogP) is 3.23. The summed E-state index contributed by atoms with van der Waals surface area (Å²) in [6, 6.07) is 12.3. The second kappa shape index (κ2) is 10.4. The number of benzene rings is 1. The molecule has 0 aliphatic carbocycles. The fraction of sp³-hybridized carbons (Fsp3) is 0.462. The zero-order valence-corrected chi connectivity index (χ0v) is 20.7. The summed E-state index contributed by atoms with van der Waals surface area (Å²) >= 11 is 0. The molecule has 0 spiro atoms. The van der Waals surface area contributed by atoms with Crippen molar-refractivity contribution in [3.8, 4) is 17.1 Å². The number of nitrogens with zero attached hydrogens (tertiary/aromatic N) is 7. The minimum atomic E-state index is 0.388. The molecule has 184 valence electrons. The first-order valence-corrected chi connectivity index (χ1v) is 12.3. The first-order valence-electron chi connectivity index (χ1n) is 12.3. The summed E-state index contributed by atoms with van der Waals surface area (Å²) < 4.78 is 11.3. The standard InChI is InChI=1S/C26H33N7O2/c1-19(2)20-7-8-22(34-3)21(18-20)24-28-25(30-26(29-24)33-14-16-35-17-15-33)32-12-10-31(11-13-32)23-6-4-5-9-27-23/h4-9,18-19H,10-17H2,1-3H3. The van der Waals surface area contributed by atoms with Crippen molar-refractivity contribution in [2.24, 2.45) is 0 Å². The molecule has 0 amide bonds. The monoisotopic (exact) mass is 475 g/mol. The summed E-state index contributed by atoms with van der Waals surface area (Å²) in [6.45, 7) is 10.6. The van der Waals surface area contributed by atoms with E-state index in [9.17, 15) is 0 Å². The number of piperazine rings is 1. The molecule has 0 unspecified atom stereocenters. The molecule has 3 aromatic rings. The molecule has 35 heavy (non-hydrogen) atoms. The Morgan fingerprint density at radius 1 is 0.829 bits per heavy atom. The molecule has 1 aromatic carbocycles. The average Bonchev–Trinajstić information content (AvgIpc) is 2.93. The number of hydrogen-bond donors (Lipinski definition) is 0. The highest BCUT2D eigenvalue weighted by Gasteiger charge is 2.24. The molecule has 0 N–H and O–H groups in total.